The van der Waals surface area contributed by atoms with Crippen molar-refractivity contribution in [3.8, 4) is 0 Å². The zero-order valence-electron chi connectivity index (χ0n) is 38.4. The number of aliphatic hydroxyl groups is 4. The third-order valence-electron chi connectivity index (χ3n) is 11.4. The van der Waals surface area contributed by atoms with E-state index in [1.165, 1.54) is 96.7 Å². The first-order valence-corrected chi connectivity index (χ1v) is 21.6. The van der Waals surface area contributed by atoms with E-state index in [1.54, 1.807) is 60.7 Å². The highest BCUT2D eigenvalue weighted by Crippen LogP contribution is 2.34. The molecule has 0 radical (unpaired) electrons. The zero-order chi connectivity index (χ0) is 48.2. The molecule has 1 aliphatic rings. The summed E-state index contributed by atoms with van der Waals surface area (Å²) in [5.74, 6) is -2.06. The summed E-state index contributed by atoms with van der Waals surface area (Å²) in [5, 5.41) is 44.1. The van der Waals surface area contributed by atoms with Gasteiger partial charge in [0.1, 0.15) is 29.0 Å². The SMILES string of the molecule is CC1CCC(NC(=O)OC(c2ccc(C(=O)C(C)(C)O)cc2)c2ccc(C(=O)C(C)(C)O)cc2)CC1N(C(=O)OCc1ccc(C(=O)C(C)(C)O)cc1)c1ccc(C(=O)C(C)(C)O)cc1. The van der Waals surface area contributed by atoms with Crippen LogP contribution in [0.4, 0.5) is 15.3 Å². The molecule has 0 saturated heterocycles. The number of alkyl carbamates (subject to hydrolysis) is 1. The number of nitrogens with zero attached hydrogens (tertiary/aromatic N) is 1. The van der Waals surface area contributed by atoms with E-state index in [-0.39, 0.29) is 35.6 Å². The van der Waals surface area contributed by atoms with Gasteiger partial charge < -0.3 is 35.2 Å². The second-order valence-corrected chi connectivity index (χ2v) is 18.9. The van der Waals surface area contributed by atoms with Crippen LogP contribution in [0.1, 0.15) is 146 Å². The van der Waals surface area contributed by atoms with Crippen LogP contribution in [-0.2, 0) is 16.1 Å². The van der Waals surface area contributed by atoms with Crippen LogP contribution in [0.2, 0.25) is 0 Å². The maximum absolute atomic E-state index is 14.2. The largest absolute Gasteiger partial charge is 0.444 e. The van der Waals surface area contributed by atoms with E-state index in [0.717, 1.165) is 0 Å². The van der Waals surface area contributed by atoms with Crippen molar-refractivity contribution in [1.29, 1.82) is 0 Å². The van der Waals surface area contributed by atoms with Crippen molar-refractivity contribution in [3.05, 3.63) is 136 Å². The molecule has 0 aromatic heterocycles. The molecule has 65 heavy (non-hydrogen) atoms. The molecular weight excluding hydrogens is 833 g/mol. The summed E-state index contributed by atoms with van der Waals surface area (Å²) < 4.78 is 12.0. The van der Waals surface area contributed by atoms with Crippen molar-refractivity contribution < 1.29 is 58.7 Å². The van der Waals surface area contributed by atoms with Crippen LogP contribution in [0.25, 0.3) is 0 Å². The van der Waals surface area contributed by atoms with Crippen LogP contribution in [0.15, 0.2) is 97.1 Å². The second-order valence-electron chi connectivity index (χ2n) is 18.9. The van der Waals surface area contributed by atoms with Crippen LogP contribution >= 0.6 is 0 Å². The van der Waals surface area contributed by atoms with E-state index in [9.17, 15) is 49.2 Å². The average molecular weight is 893 g/mol. The number of anilines is 1. The van der Waals surface area contributed by atoms with E-state index < -0.39 is 75.9 Å². The number of nitrogens with one attached hydrogen (secondary N) is 1. The molecular formula is C51H60N2O12. The first kappa shape index (κ1) is 49.9. The Hall–Kier alpha value is -6.06. The van der Waals surface area contributed by atoms with Gasteiger partial charge in [0.05, 0.1) is 0 Å². The molecule has 346 valence electrons. The Bertz CT molecular complexity index is 2290. The fourth-order valence-electron chi connectivity index (χ4n) is 7.63. The Labute approximate surface area is 379 Å². The third-order valence-corrected chi connectivity index (χ3v) is 11.4. The molecule has 5 rings (SSSR count). The molecule has 14 heteroatoms. The quantitative estimate of drug-likeness (QED) is 0.0684. The lowest BCUT2D eigenvalue weighted by molar-refractivity contribution is 0.0487. The number of hydrogen-bond donors (Lipinski definition) is 5. The van der Waals surface area contributed by atoms with E-state index in [0.29, 0.717) is 40.8 Å². The van der Waals surface area contributed by atoms with Gasteiger partial charge in [0.2, 0.25) is 0 Å². The lowest BCUT2D eigenvalue weighted by Gasteiger charge is -2.41. The Morgan fingerprint density at radius 2 is 0.954 bits per heavy atom. The van der Waals surface area contributed by atoms with Crippen LogP contribution < -0.4 is 10.2 Å². The Morgan fingerprint density at radius 3 is 1.34 bits per heavy atom. The van der Waals surface area contributed by atoms with Crippen LogP contribution in [-0.4, -0.2) is 90.2 Å². The van der Waals surface area contributed by atoms with Gasteiger partial charge in [-0.25, -0.2) is 9.59 Å². The summed E-state index contributed by atoms with van der Waals surface area (Å²) in [7, 11) is 0. The lowest BCUT2D eigenvalue weighted by Crippen LogP contribution is -2.52. The van der Waals surface area contributed by atoms with Crippen molar-refractivity contribution in [2.75, 3.05) is 4.90 Å². The minimum atomic E-state index is -1.63. The zero-order valence-corrected chi connectivity index (χ0v) is 38.4. The highest BCUT2D eigenvalue weighted by molar-refractivity contribution is 6.03. The standard InChI is InChI=1S/C51H60N2O12/c1-30-10-25-38(52-46(58)65-41(32-15-19-35(20-16-32)43(55)49(4,5)61)33-17-21-36(22-18-33)44(56)50(6,7)62)28-40(30)53(39-26-23-37(24-27-39)45(57)51(8,9)63)47(59)64-29-31-11-13-34(14-12-31)42(54)48(2,3)60/h11-24,26-27,30,38,40-41,60-63H,10,25,28-29H2,1-9H3,(H,52,58). The fourth-order valence-corrected chi connectivity index (χ4v) is 7.63. The molecule has 0 bridgehead atoms. The predicted molar refractivity (Wildman–Crippen MR) is 243 cm³/mol. The Kier molecular flexibility index (Phi) is 15.0. The summed E-state index contributed by atoms with van der Waals surface area (Å²) >= 11 is 0. The molecule has 3 unspecified atom stereocenters. The van der Waals surface area contributed by atoms with E-state index in [4.69, 9.17) is 9.47 Å². The van der Waals surface area contributed by atoms with Gasteiger partial charge in [-0.3, -0.25) is 24.1 Å². The maximum Gasteiger partial charge on any atom is 0.414 e. The number of amides is 2. The van der Waals surface area contributed by atoms with Crippen molar-refractivity contribution in [3.63, 3.8) is 0 Å². The Balaban J connectivity index is 1.40. The molecule has 1 fully saturated rings. The van der Waals surface area contributed by atoms with E-state index >= 15 is 0 Å². The molecule has 2 amide bonds. The fraction of sp³-hybridized carbons (Fsp3) is 0.412. The summed E-state index contributed by atoms with van der Waals surface area (Å²) in [4.78, 5) is 80.6. The number of rotatable bonds is 16. The predicted octanol–water partition coefficient (Wildman–Crippen LogP) is 7.72. The van der Waals surface area contributed by atoms with Crippen LogP contribution in [0.3, 0.4) is 0 Å². The third kappa shape index (κ3) is 12.6. The van der Waals surface area contributed by atoms with Gasteiger partial charge in [0.15, 0.2) is 29.2 Å². The number of ketones is 4. The molecule has 0 heterocycles. The number of carbonyl (C=O) groups excluding carboxylic acids is 6. The highest BCUT2D eigenvalue weighted by Gasteiger charge is 2.38. The van der Waals surface area contributed by atoms with Crippen molar-refractivity contribution in [2.24, 2.45) is 5.92 Å². The van der Waals surface area contributed by atoms with Crippen LogP contribution in [0, 0.1) is 5.92 Å². The molecule has 14 nitrogen and oxygen atoms in total. The number of benzene rings is 4. The highest BCUT2D eigenvalue weighted by atomic mass is 16.6. The summed E-state index contributed by atoms with van der Waals surface area (Å²) in [6.07, 6.45) is -1.11. The van der Waals surface area contributed by atoms with Gasteiger partial charge >= 0.3 is 12.2 Å². The monoisotopic (exact) mass is 892 g/mol. The van der Waals surface area contributed by atoms with Crippen molar-refractivity contribution in [1.82, 2.24) is 5.32 Å². The Morgan fingerprint density at radius 1 is 0.585 bits per heavy atom. The van der Waals surface area contributed by atoms with E-state index in [2.05, 4.69) is 5.32 Å². The van der Waals surface area contributed by atoms with E-state index in [1.807, 2.05) is 6.92 Å². The lowest BCUT2D eigenvalue weighted by atomic mass is 9.81. The normalized spacial score (nSPS) is 16.9. The van der Waals surface area contributed by atoms with Gasteiger partial charge in [-0.15, -0.1) is 0 Å². The minimum Gasteiger partial charge on any atom is -0.444 e. The minimum absolute atomic E-state index is 0.0931. The van der Waals surface area contributed by atoms with Gasteiger partial charge in [-0.05, 0) is 122 Å². The van der Waals surface area contributed by atoms with Crippen molar-refractivity contribution >= 4 is 41.0 Å². The first-order chi connectivity index (χ1) is 30.1. The van der Waals surface area contributed by atoms with Gasteiger partial charge in [-0.1, -0.05) is 79.7 Å². The number of ether oxygens (including phenoxy) is 2. The number of Topliss-reactive ketones (excluding diaryl/α,β-unsaturated/α-hetero) is 4. The van der Waals surface area contributed by atoms with Gasteiger partial charge in [0.25, 0.3) is 0 Å². The topological polar surface area (TPSA) is 217 Å². The molecule has 4 aromatic rings. The maximum atomic E-state index is 14.2. The smallest absolute Gasteiger partial charge is 0.414 e. The molecule has 0 spiro atoms. The summed E-state index contributed by atoms with van der Waals surface area (Å²) in [6, 6.07) is 24.1. The van der Waals surface area contributed by atoms with Crippen LogP contribution in [0.5, 0.6) is 0 Å². The number of hydrogen-bond acceptors (Lipinski definition) is 12. The summed E-state index contributed by atoms with van der Waals surface area (Å²) in [5.41, 5.74) is -3.43. The second kappa shape index (κ2) is 19.6. The van der Waals surface area contributed by atoms with Gasteiger partial charge in [0, 0.05) is 40.0 Å². The summed E-state index contributed by atoms with van der Waals surface area (Å²) in [6.45, 7) is 13.0. The van der Waals surface area contributed by atoms with Gasteiger partial charge in [-0.2, -0.15) is 0 Å². The van der Waals surface area contributed by atoms with Crippen molar-refractivity contribution in [2.45, 2.75) is 129 Å². The molecule has 4 aromatic carbocycles. The molecule has 0 aliphatic heterocycles. The molecule has 5 N–H and O–H groups in total. The molecule has 3 atom stereocenters. The molecule has 1 aliphatic carbocycles. The first-order valence-electron chi connectivity index (χ1n) is 21.6. The number of carbonyl (C=O) groups is 6. The average Bonchev–Trinajstić information content (AvgIpc) is 3.24. The molecule has 1 saturated carbocycles.